The van der Waals surface area contributed by atoms with Gasteiger partial charge >= 0.3 is 0 Å². The summed E-state index contributed by atoms with van der Waals surface area (Å²) in [6.07, 6.45) is -0.135. The first-order valence-electron chi connectivity index (χ1n) is 9.08. The van der Waals surface area contributed by atoms with Crippen LogP contribution >= 0.6 is 0 Å². The quantitative estimate of drug-likeness (QED) is 0.869. The molecular formula is C21H22N2O4. The zero-order valence-corrected chi connectivity index (χ0v) is 15.3. The van der Waals surface area contributed by atoms with Gasteiger partial charge in [0.2, 0.25) is 0 Å². The first kappa shape index (κ1) is 17.5. The van der Waals surface area contributed by atoms with Crippen molar-refractivity contribution in [2.24, 2.45) is 0 Å². The predicted octanol–water partition coefficient (Wildman–Crippen LogP) is 2.09. The van der Waals surface area contributed by atoms with Crippen LogP contribution in [-0.4, -0.2) is 44.2 Å². The molecule has 0 aliphatic carbocycles. The molecule has 0 spiro atoms. The van der Waals surface area contributed by atoms with Crippen molar-refractivity contribution in [1.29, 1.82) is 0 Å². The minimum absolute atomic E-state index is 0.0225. The Kier molecular flexibility index (Phi) is 4.58. The zero-order chi connectivity index (χ0) is 19.0. The molecule has 6 heteroatoms. The smallest absolute Gasteiger partial charge is 0.254 e. The molecule has 6 nitrogen and oxygen atoms in total. The molecule has 2 aliphatic heterocycles. The minimum Gasteiger partial charge on any atom is -0.489 e. The summed E-state index contributed by atoms with van der Waals surface area (Å²) in [4.78, 5) is 25.1. The maximum Gasteiger partial charge on any atom is 0.254 e. The number of ether oxygens (including phenoxy) is 2. The largest absolute Gasteiger partial charge is 0.489 e. The lowest BCUT2D eigenvalue weighted by molar-refractivity contribution is -0.00346. The number of fused-ring (bicyclic) bond motifs is 1. The van der Waals surface area contributed by atoms with E-state index in [0.29, 0.717) is 30.1 Å². The van der Waals surface area contributed by atoms with Crippen molar-refractivity contribution in [2.75, 3.05) is 20.3 Å². The van der Waals surface area contributed by atoms with E-state index in [9.17, 15) is 9.59 Å². The van der Waals surface area contributed by atoms with Gasteiger partial charge in [-0.25, -0.2) is 0 Å². The van der Waals surface area contributed by atoms with Crippen LogP contribution in [0.15, 0.2) is 42.5 Å². The highest BCUT2D eigenvalue weighted by atomic mass is 16.5. The Morgan fingerprint density at radius 3 is 2.44 bits per heavy atom. The SMILES string of the molecule is CNC(=O)c1cc(C(=O)NC2COC2)cc2c1OC(C)C2c1ccccc1. The number of nitrogens with one attached hydrogen (secondary N) is 2. The summed E-state index contributed by atoms with van der Waals surface area (Å²) in [5.74, 6) is 0.0417. The molecule has 1 fully saturated rings. The third-order valence-electron chi connectivity index (χ3n) is 5.09. The van der Waals surface area contributed by atoms with E-state index in [1.807, 2.05) is 43.3 Å². The van der Waals surface area contributed by atoms with Crippen molar-refractivity contribution < 1.29 is 19.1 Å². The van der Waals surface area contributed by atoms with E-state index in [0.717, 1.165) is 11.1 Å². The van der Waals surface area contributed by atoms with Crippen LogP contribution in [0.4, 0.5) is 0 Å². The normalized spacial score (nSPS) is 21.0. The Balaban J connectivity index is 1.78. The Hall–Kier alpha value is -2.86. The molecule has 2 aliphatic rings. The average molecular weight is 366 g/mol. The molecule has 140 valence electrons. The van der Waals surface area contributed by atoms with Crippen molar-refractivity contribution >= 4 is 11.8 Å². The molecule has 2 N–H and O–H groups in total. The van der Waals surface area contributed by atoms with Gasteiger partial charge in [0.1, 0.15) is 11.9 Å². The lowest BCUT2D eigenvalue weighted by Crippen LogP contribution is -2.48. The number of rotatable bonds is 4. The summed E-state index contributed by atoms with van der Waals surface area (Å²) in [5, 5.41) is 5.58. The topological polar surface area (TPSA) is 76.7 Å². The molecule has 4 rings (SSSR count). The molecule has 2 aromatic carbocycles. The van der Waals surface area contributed by atoms with Gasteiger partial charge in [-0.05, 0) is 24.6 Å². The van der Waals surface area contributed by atoms with Gasteiger partial charge in [0, 0.05) is 24.1 Å². The van der Waals surface area contributed by atoms with E-state index in [1.165, 1.54) is 0 Å². The van der Waals surface area contributed by atoms with Gasteiger partial charge in [-0.3, -0.25) is 9.59 Å². The first-order valence-corrected chi connectivity index (χ1v) is 9.08. The van der Waals surface area contributed by atoms with Crippen LogP contribution in [0, 0.1) is 0 Å². The molecule has 2 atom stereocenters. The summed E-state index contributed by atoms with van der Waals surface area (Å²) < 4.78 is 11.2. The van der Waals surface area contributed by atoms with Crippen molar-refractivity contribution in [3.63, 3.8) is 0 Å². The van der Waals surface area contributed by atoms with Gasteiger partial charge in [-0.15, -0.1) is 0 Å². The fraction of sp³-hybridized carbons (Fsp3) is 0.333. The van der Waals surface area contributed by atoms with Crippen LogP contribution in [0.25, 0.3) is 0 Å². The molecular weight excluding hydrogens is 344 g/mol. The van der Waals surface area contributed by atoms with Crippen LogP contribution < -0.4 is 15.4 Å². The zero-order valence-electron chi connectivity index (χ0n) is 15.3. The monoisotopic (exact) mass is 366 g/mol. The summed E-state index contributed by atoms with van der Waals surface area (Å²) in [5.41, 5.74) is 2.80. The molecule has 0 radical (unpaired) electrons. The molecule has 2 unspecified atom stereocenters. The van der Waals surface area contributed by atoms with Gasteiger partial charge in [0.05, 0.1) is 24.8 Å². The Morgan fingerprint density at radius 2 is 1.81 bits per heavy atom. The lowest BCUT2D eigenvalue weighted by atomic mass is 9.87. The summed E-state index contributed by atoms with van der Waals surface area (Å²) in [7, 11) is 1.57. The van der Waals surface area contributed by atoms with E-state index in [1.54, 1.807) is 13.1 Å². The third kappa shape index (κ3) is 3.17. The second-order valence-electron chi connectivity index (χ2n) is 6.94. The summed E-state index contributed by atoms with van der Waals surface area (Å²) >= 11 is 0. The van der Waals surface area contributed by atoms with Crippen LogP contribution in [0.1, 0.15) is 44.7 Å². The number of carbonyl (C=O) groups is 2. The van der Waals surface area contributed by atoms with E-state index in [2.05, 4.69) is 10.6 Å². The highest BCUT2D eigenvalue weighted by Crippen LogP contribution is 2.44. The van der Waals surface area contributed by atoms with Crippen molar-refractivity contribution in [1.82, 2.24) is 10.6 Å². The Bertz CT molecular complexity index is 877. The van der Waals surface area contributed by atoms with Crippen LogP contribution in [0.2, 0.25) is 0 Å². The van der Waals surface area contributed by atoms with Crippen LogP contribution in [-0.2, 0) is 4.74 Å². The lowest BCUT2D eigenvalue weighted by Gasteiger charge is -2.27. The second-order valence-corrected chi connectivity index (χ2v) is 6.94. The van der Waals surface area contributed by atoms with Gasteiger partial charge in [-0.2, -0.15) is 0 Å². The first-order chi connectivity index (χ1) is 13.1. The summed E-state index contributed by atoms with van der Waals surface area (Å²) in [6, 6.07) is 13.5. The van der Waals surface area contributed by atoms with Crippen LogP contribution in [0.3, 0.4) is 0 Å². The van der Waals surface area contributed by atoms with Crippen molar-refractivity contribution in [3.05, 3.63) is 64.7 Å². The molecule has 0 saturated carbocycles. The van der Waals surface area contributed by atoms with Crippen molar-refractivity contribution in [2.45, 2.75) is 25.0 Å². The van der Waals surface area contributed by atoms with E-state index in [4.69, 9.17) is 9.47 Å². The van der Waals surface area contributed by atoms with E-state index < -0.39 is 0 Å². The second kappa shape index (κ2) is 7.04. The highest BCUT2D eigenvalue weighted by Gasteiger charge is 2.36. The van der Waals surface area contributed by atoms with Gasteiger partial charge in [-0.1, -0.05) is 30.3 Å². The van der Waals surface area contributed by atoms with Crippen LogP contribution in [0.5, 0.6) is 5.75 Å². The van der Waals surface area contributed by atoms with Gasteiger partial charge < -0.3 is 20.1 Å². The Morgan fingerprint density at radius 1 is 1.07 bits per heavy atom. The van der Waals surface area contributed by atoms with E-state index >= 15 is 0 Å². The van der Waals surface area contributed by atoms with E-state index in [-0.39, 0.29) is 29.9 Å². The highest BCUT2D eigenvalue weighted by molar-refractivity contribution is 6.02. The number of hydrogen-bond donors (Lipinski definition) is 2. The number of hydrogen-bond acceptors (Lipinski definition) is 4. The molecule has 2 amide bonds. The van der Waals surface area contributed by atoms with Gasteiger partial charge in [0.25, 0.3) is 11.8 Å². The predicted molar refractivity (Wildman–Crippen MR) is 100 cm³/mol. The maximum absolute atomic E-state index is 12.7. The minimum atomic E-state index is -0.270. The molecule has 0 aromatic heterocycles. The van der Waals surface area contributed by atoms with Crippen molar-refractivity contribution in [3.8, 4) is 5.75 Å². The fourth-order valence-corrected chi connectivity index (χ4v) is 3.65. The molecule has 27 heavy (non-hydrogen) atoms. The third-order valence-corrected chi connectivity index (χ3v) is 5.09. The fourth-order valence-electron chi connectivity index (χ4n) is 3.65. The molecule has 2 heterocycles. The summed E-state index contributed by atoms with van der Waals surface area (Å²) in [6.45, 7) is 3.02. The Labute approximate surface area is 157 Å². The maximum atomic E-state index is 12.7. The average Bonchev–Trinajstić information content (AvgIpc) is 2.99. The number of benzene rings is 2. The molecule has 2 aromatic rings. The van der Waals surface area contributed by atoms with Gasteiger partial charge in [0.15, 0.2) is 0 Å². The number of amides is 2. The standard InChI is InChI=1S/C21H22N2O4/c1-12-18(13-6-4-3-5-7-13)16-8-14(20(24)23-15-10-26-11-15)9-17(19(16)27-12)21(25)22-2/h3-9,12,15,18H,10-11H2,1-2H3,(H,22,25)(H,23,24). The molecule has 0 bridgehead atoms. The molecule has 1 saturated heterocycles. The number of carbonyl (C=O) groups excluding carboxylic acids is 2.